The highest BCUT2D eigenvalue weighted by Crippen LogP contribution is 2.28. The van der Waals surface area contributed by atoms with Crippen LogP contribution in [-0.2, 0) is 17.8 Å². The first kappa shape index (κ1) is 16.9. The number of aromatic hydroxyl groups is 1. The zero-order valence-electron chi connectivity index (χ0n) is 14.0. The van der Waals surface area contributed by atoms with Crippen LogP contribution in [-0.4, -0.2) is 18.2 Å². The van der Waals surface area contributed by atoms with E-state index in [0.29, 0.717) is 11.3 Å². The average Bonchev–Trinajstić information content (AvgIpc) is 2.55. The molecule has 0 saturated carbocycles. The van der Waals surface area contributed by atoms with Crippen molar-refractivity contribution in [3.8, 4) is 11.5 Å². The van der Waals surface area contributed by atoms with Gasteiger partial charge in [-0.3, -0.25) is 0 Å². The number of carbonyl (C=O) groups excluding carboxylic acids is 1. The molecular weight excluding hydrogens is 292 g/mol. The van der Waals surface area contributed by atoms with Gasteiger partial charge in [0, 0.05) is 5.56 Å². The fraction of sp³-hybridized carbons (Fsp3) is 0.316. The summed E-state index contributed by atoms with van der Waals surface area (Å²) in [7, 11) is 1.37. The molecule has 0 unspecified atom stereocenters. The van der Waals surface area contributed by atoms with Gasteiger partial charge in [0.1, 0.15) is 18.1 Å². The largest absolute Gasteiger partial charge is 0.508 e. The fourth-order valence-corrected chi connectivity index (χ4v) is 2.52. The van der Waals surface area contributed by atoms with Crippen LogP contribution in [0.5, 0.6) is 11.5 Å². The normalized spacial score (nSPS) is 10.4. The number of rotatable bonds is 5. The molecule has 4 nitrogen and oxygen atoms in total. The van der Waals surface area contributed by atoms with Gasteiger partial charge in [-0.15, -0.1) is 0 Å². The van der Waals surface area contributed by atoms with Crippen molar-refractivity contribution in [2.75, 3.05) is 7.11 Å². The minimum atomic E-state index is -0.363. The molecule has 0 spiro atoms. The van der Waals surface area contributed by atoms with Gasteiger partial charge in [0.2, 0.25) is 0 Å². The predicted octanol–water partition coefficient (Wildman–Crippen LogP) is 3.94. The number of esters is 1. The highest BCUT2D eigenvalue weighted by atomic mass is 16.5. The molecule has 0 aliphatic carbocycles. The van der Waals surface area contributed by atoms with Crippen LogP contribution in [0.25, 0.3) is 0 Å². The van der Waals surface area contributed by atoms with Crippen molar-refractivity contribution in [1.29, 1.82) is 0 Å². The second-order valence-electron chi connectivity index (χ2n) is 5.48. The third-order valence-electron chi connectivity index (χ3n) is 3.92. The van der Waals surface area contributed by atoms with Crippen LogP contribution >= 0.6 is 0 Å². The van der Waals surface area contributed by atoms with Crippen LogP contribution in [0.1, 0.15) is 39.5 Å². The lowest BCUT2D eigenvalue weighted by Crippen LogP contribution is -2.11. The maximum atomic E-state index is 12.0. The number of hydrogen-bond donors (Lipinski definition) is 1. The van der Waals surface area contributed by atoms with Crippen LogP contribution in [0, 0.1) is 13.8 Å². The van der Waals surface area contributed by atoms with E-state index < -0.39 is 0 Å². The lowest BCUT2D eigenvalue weighted by atomic mass is 9.99. The van der Waals surface area contributed by atoms with Crippen LogP contribution in [0.3, 0.4) is 0 Å². The van der Waals surface area contributed by atoms with E-state index in [1.165, 1.54) is 7.11 Å². The zero-order chi connectivity index (χ0) is 17.0. The number of methoxy groups -OCH3 is 1. The Balaban J connectivity index is 2.33. The molecule has 1 N–H and O–H groups in total. The van der Waals surface area contributed by atoms with E-state index in [2.05, 4.69) is 0 Å². The van der Waals surface area contributed by atoms with E-state index in [4.69, 9.17) is 9.47 Å². The first-order valence-corrected chi connectivity index (χ1v) is 7.60. The van der Waals surface area contributed by atoms with Crippen molar-refractivity contribution in [2.24, 2.45) is 0 Å². The Morgan fingerprint density at radius 3 is 2.57 bits per heavy atom. The van der Waals surface area contributed by atoms with Gasteiger partial charge in [-0.25, -0.2) is 4.79 Å². The second-order valence-corrected chi connectivity index (χ2v) is 5.48. The number of hydrogen-bond acceptors (Lipinski definition) is 4. The molecule has 0 aromatic heterocycles. The van der Waals surface area contributed by atoms with Gasteiger partial charge in [-0.05, 0) is 55.2 Å². The summed E-state index contributed by atoms with van der Waals surface area (Å²) in [5.41, 5.74) is 4.03. The molecule has 0 radical (unpaired) electrons. The molecule has 23 heavy (non-hydrogen) atoms. The topological polar surface area (TPSA) is 55.8 Å². The Hall–Kier alpha value is -2.49. The summed E-state index contributed by atoms with van der Waals surface area (Å²) in [4.78, 5) is 12.0. The summed E-state index contributed by atoms with van der Waals surface area (Å²) in [5, 5.41) is 9.72. The zero-order valence-corrected chi connectivity index (χ0v) is 14.0. The summed E-state index contributed by atoms with van der Waals surface area (Å²) in [6, 6.07) is 9.07. The molecule has 2 rings (SSSR count). The van der Waals surface area contributed by atoms with E-state index in [0.717, 1.165) is 28.7 Å². The molecule has 2 aromatic rings. The first-order valence-electron chi connectivity index (χ1n) is 7.60. The van der Waals surface area contributed by atoms with Gasteiger partial charge in [0.05, 0.1) is 12.7 Å². The molecular formula is C19H22O4. The quantitative estimate of drug-likeness (QED) is 0.849. The molecule has 0 heterocycles. The minimum absolute atomic E-state index is 0.249. The van der Waals surface area contributed by atoms with Crippen LogP contribution in [0.4, 0.5) is 0 Å². The number of carbonyl (C=O) groups is 1. The van der Waals surface area contributed by atoms with Crippen molar-refractivity contribution in [1.82, 2.24) is 0 Å². The Bertz CT molecular complexity index is 720. The van der Waals surface area contributed by atoms with Crippen molar-refractivity contribution in [2.45, 2.75) is 33.8 Å². The standard InChI is InChI=1S/C19H22O4/c1-5-14-7-6-8-15(19(21)22-4)16(14)11-23-18-10-12(2)17(20)9-13(18)3/h6-10,20H,5,11H2,1-4H3. The maximum Gasteiger partial charge on any atom is 0.338 e. The molecule has 122 valence electrons. The Morgan fingerprint density at radius 1 is 1.17 bits per heavy atom. The molecule has 0 bridgehead atoms. The third kappa shape index (κ3) is 3.65. The van der Waals surface area contributed by atoms with E-state index in [-0.39, 0.29) is 18.3 Å². The van der Waals surface area contributed by atoms with Gasteiger partial charge >= 0.3 is 5.97 Å². The fourth-order valence-electron chi connectivity index (χ4n) is 2.52. The van der Waals surface area contributed by atoms with Gasteiger partial charge in [-0.2, -0.15) is 0 Å². The van der Waals surface area contributed by atoms with E-state index in [1.54, 1.807) is 18.2 Å². The van der Waals surface area contributed by atoms with Gasteiger partial charge < -0.3 is 14.6 Å². The minimum Gasteiger partial charge on any atom is -0.508 e. The lowest BCUT2D eigenvalue weighted by Gasteiger charge is -2.15. The monoisotopic (exact) mass is 314 g/mol. The average molecular weight is 314 g/mol. The van der Waals surface area contributed by atoms with E-state index >= 15 is 0 Å². The number of phenolic OH excluding ortho intramolecular Hbond substituents is 1. The second kappa shape index (κ2) is 7.18. The molecule has 0 amide bonds. The summed E-state index contributed by atoms with van der Waals surface area (Å²) in [6.07, 6.45) is 0.803. The van der Waals surface area contributed by atoms with Crippen LogP contribution < -0.4 is 4.74 Å². The molecule has 0 atom stereocenters. The molecule has 0 fully saturated rings. The SMILES string of the molecule is CCc1cccc(C(=O)OC)c1COc1cc(C)c(O)cc1C. The smallest absolute Gasteiger partial charge is 0.338 e. The van der Waals surface area contributed by atoms with Crippen molar-refractivity contribution >= 4 is 5.97 Å². The number of phenols is 1. The molecule has 0 aliphatic rings. The van der Waals surface area contributed by atoms with Gasteiger partial charge in [0.25, 0.3) is 0 Å². The van der Waals surface area contributed by atoms with E-state index in [1.807, 2.05) is 32.9 Å². The Kier molecular flexibility index (Phi) is 5.27. The van der Waals surface area contributed by atoms with Crippen LogP contribution in [0.2, 0.25) is 0 Å². The first-order chi connectivity index (χ1) is 11.0. The number of benzene rings is 2. The Morgan fingerprint density at radius 2 is 1.91 bits per heavy atom. The Labute approximate surface area is 136 Å². The highest BCUT2D eigenvalue weighted by Gasteiger charge is 2.16. The summed E-state index contributed by atoms with van der Waals surface area (Å²) >= 11 is 0. The van der Waals surface area contributed by atoms with Crippen molar-refractivity contribution in [3.05, 3.63) is 58.1 Å². The lowest BCUT2D eigenvalue weighted by molar-refractivity contribution is 0.0597. The maximum absolute atomic E-state index is 12.0. The predicted molar refractivity (Wildman–Crippen MR) is 89.1 cm³/mol. The van der Waals surface area contributed by atoms with E-state index in [9.17, 15) is 9.90 Å². The third-order valence-corrected chi connectivity index (χ3v) is 3.92. The number of ether oxygens (including phenoxy) is 2. The van der Waals surface area contributed by atoms with Crippen LogP contribution in [0.15, 0.2) is 30.3 Å². The number of aryl methyl sites for hydroxylation is 3. The molecule has 4 heteroatoms. The molecule has 0 saturated heterocycles. The van der Waals surface area contributed by atoms with Gasteiger partial charge in [0.15, 0.2) is 0 Å². The summed E-state index contributed by atoms with van der Waals surface area (Å²) < 4.78 is 10.8. The molecule has 0 aliphatic heterocycles. The molecule has 2 aromatic carbocycles. The van der Waals surface area contributed by atoms with Gasteiger partial charge in [-0.1, -0.05) is 19.1 Å². The summed E-state index contributed by atoms with van der Waals surface area (Å²) in [6.45, 7) is 6.01. The highest BCUT2D eigenvalue weighted by molar-refractivity contribution is 5.91. The summed E-state index contributed by atoms with van der Waals surface area (Å²) in [5.74, 6) is 0.582. The van der Waals surface area contributed by atoms with Crippen molar-refractivity contribution in [3.63, 3.8) is 0 Å². The van der Waals surface area contributed by atoms with Crippen molar-refractivity contribution < 1.29 is 19.4 Å².